The maximum atomic E-state index is 10.7. The first-order valence-corrected chi connectivity index (χ1v) is 5.93. The number of nitrogens with two attached hydrogens (primary N) is 1. The third kappa shape index (κ3) is 2.95. The van der Waals surface area contributed by atoms with E-state index < -0.39 is 28.2 Å². The summed E-state index contributed by atoms with van der Waals surface area (Å²) in [5, 5.41) is 33.2. The van der Waals surface area contributed by atoms with E-state index in [1.807, 2.05) is 10.8 Å². The van der Waals surface area contributed by atoms with E-state index in [0.29, 0.717) is 5.56 Å². The Morgan fingerprint density at radius 1 is 1.32 bits per heavy atom. The minimum Gasteiger partial charge on any atom is -0.504 e. The number of nitro benzene ring substituents is 1. The molecule has 0 unspecified atom stereocenters. The molecule has 0 saturated heterocycles. The molecule has 1 atom stereocenters. The van der Waals surface area contributed by atoms with Gasteiger partial charge < -0.3 is 15.9 Å². The molecule has 0 aliphatic heterocycles. The number of hydrogen-bond acceptors (Lipinski definition) is 6. The molecule has 0 aliphatic carbocycles. The van der Waals surface area contributed by atoms with Crippen LogP contribution in [0.4, 0.5) is 5.69 Å². The molecule has 1 aromatic carbocycles. The van der Waals surface area contributed by atoms with Gasteiger partial charge in [-0.25, -0.2) is 0 Å². The smallest absolute Gasteiger partial charge is 0.314 e. The number of phenolic OH excluding ortho intramolecular Hbond substituents is 2. The fourth-order valence-corrected chi connectivity index (χ4v) is 2.29. The zero-order valence-electron chi connectivity index (χ0n) is 9.52. The molecule has 2 rings (SSSR count). The second kappa shape index (κ2) is 5.87. The van der Waals surface area contributed by atoms with Crippen LogP contribution in [0.15, 0.2) is 29.0 Å². The van der Waals surface area contributed by atoms with Gasteiger partial charge in [-0.3, -0.25) is 10.1 Å². The third-order valence-electron chi connectivity index (χ3n) is 2.55. The number of phenols is 2. The number of hydrogen-bond donors (Lipinski definition) is 3. The van der Waals surface area contributed by atoms with E-state index in [4.69, 9.17) is 5.73 Å². The monoisotopic (exact) mass is 302 g/mol. The summed E-state index contributed by atoms with van der Waals surface area (Å²) >= 11 is 1.45. The second-order valence-corrected chi connectivity index (χ2v) is 4.48. The Morgan fingerprint density at radius 3 is 2.53 bits per heavy atom. The zero-order chi connectivity index (χ0) is 13.3. The largest absolute Gasteiger partial charge is 0.504 e. The van der Waals surface area contributed by atoms with Crippen molar-refractivity contribution >= 4 is 29.4 Å². The lowest BCUT2D eigenvalue weighted by Gasteiger charge is -2.11. The zero-order valence-corrected chi connectivity index (χ0v) is 11.1. The van der Waals surface area contributed by atoms with Crippen LogP contribution in [0.2, 0.25) is 0 Å². The first kappa shape index (κ1) is 15.2. The molecule has 0 fully saturated rings. The summed E-state index contributed by atoms with van der Waals surface area (Å²) < 4.78 is 0. The lowest BCUT2D eigenvalue weighted by molar-refractivity contribution is -0.386. The van der Waals surface area contributed by atoms with Gasteiger partial charge in [0.05, 0.1) is 11.0 Å². The number of nitro groups is 1. The van der Waals surface area contributed by atoms with E-state index in [0.717, 1.165) is 11.6 Å². The number of thiophene rings is 1. The van der Waals surface area contributed by atoms with Crippen LogP contribution in [-0.2, 0) is 0 Å². The highest BCUT2D eigenvalue weighted by Crippen LogP contribution is 2.38. The van der Waals surface area contributed by atoms with Gasteiger partial charge in [0, 0.05) is 6.07 Å². The van der Waals surface area contributed by atoms with Gasteiger partial charge in [0.25, 0.3) is 0 Å². The Balaban J connectivity index is 0.00000180. The highest BCUT2D eigenvalue weighted by Gasteiger charge is 2.21. The number of halogens is 1. The molecule has 19 heavy (non-hydrogen) atoms. The van der Waals surface area contributed by atoms with Crippen molar-refractivity contribution in [3.63, 3.8) is 0 Å². The van der Waals surface area contributed by atoms with Gasteiger partial charge in [0.15, 0.2) is 5.75 Å². The molecule has 8 heteroatoms. The summed E-state index contributed by atoms with van der Waals surface area (Å²) in [5.41, 5.74) is 6.54. The summed E-state index contributed by atoms with van der Waals surface area (Å²) in [6, 6.07) is 3.61. The van der Waals surface area contributed by atoms with Gasteiger partial charge in [0.1, 0.15) is 0 Å². The standard InChI is InChI=1S/C11H10N2O4S.ClH/c12-10(6-1-2-18-5-6)7-3-8(13(16)17)11(15)9(14)4-7;/h1-5,10,14-15H,12H2;1H/t10-;/m1./s1. The average molecular weight is 303 g/mol. The van der Waals surface area contributed by atoms with Crippen LogP contribution >= 0.6 is 23.7 Å². The Morgan fingerprint density at radius 2 is 2.00 bits per heavy atom. The summed E-state index contributed by atoms with van der Waals surface area (Å²) in [7, 11) is 0. The highest BCUT2D eigenvalue weighted by molar-refractivity contribution is 7.08. The second-order valence-electron chi connectivity index (χ2n) is 3.70. The minimum absolute atomic E-state index is 0. The fourth-order valence-electron chi connectivity index (χ4n) is 1.59. The first-order chi connectivity index (χ1) is 8.50. The molecule has 1 heterocycles. The van der Waals surface area contributed by atoms with Crippen LogP contribution < -0.4 is 5.73 Å². The number of nitrogens with zero attached hydrogens (tertiary/aromatic N) is 1. The van der Waals surface area contributed by atoms with E-state index in [-0.39, 0.29) is 12.4 Å². The number of aromatic hydroxyl groups is 2. The molecule has 1 aromatic heterocycles. The van der Waals surface area contributed by atoms with Crippen LogP contribution in [0.1, 0.15) is 17.2 Å². The van der Waals surface area contributed by atoms with E-state index in [1.54, 1.807) is 6.07 Å². The molecule has 0 amide bonds. The van der Waals surface area contributed by atoms with Crippen molar-refractivity contribution in [3.8, 4) is 11.5 Å². The molecule has 2 aromatic rings. The molecule has 0 bridgehead atoms. The maximum absolute atomic E-state index is 10.7. The van der Waals surface area contributed by atoms with Gasteiger partial charge in [-0.2, -0.15) is 11.3 Å². The van der Waals surface area contributed by atoms with Gasteiger partial charge in [-0.1, -0.05) is 0 Å². The Hall–Kier alpha value is -1.83. The molecule has 6 nitrogen and oxygen atoms in total. The molecular weight excluding hydrogens is 292 g/mol. The van der Waals surface area contributed by atoms with Gasteiger partial charge in [-0.05, 0) is 34.0 Å². The maximum Gasteiger partial charge on any atom is 0.314 e. The minimum atomic E-state index is -0.765. The van der Waals surface area contributed by atoms with E-state index in [1.165, 1.54) is 17.4 Å². The van der Waals surface area contributed by atoms with Crippen molar-refractivity contribution < 1.29 is 15.1 Å². The van der Waals surface area contributed by atoms with Crippen LogP contribution in [0.3, 0.4) is 0 Å². The molecule has 0 saturated carbocycles. The van der Waals surface area contributed by atoms with Crippen LogP contribution in [0.5, 0.6) is 11.5 Å². The van der Waals surface area contributed by atoms with Crippen LogP contribution in [0.25, 0.3) is 0 Å². The highest BCUT2D eigenvalue weighted by atomic mass is 35.5. The molecular formula is C11H11ClN2O4S. The Kier molecular flexibility index (Phi) is 4.71. The Labute approximate surface area is 118 Å². The van der Waals surface area contributed by atoms with Crippen molar-refractivity contribution in [2.75, 3.05) is 0 Å². The van der Waals surface area contributed by atoms with Gasteiger partial charge in [0.2, 0.25) is 5.75 Å². The summed E-state index contributed by atoms with van der Waals surface area (Å²) in [6.45, 7) is 0. The predicted octanol–water partition coefficient (Wildman–Crippen LogP) is 2.54. The van der Waals surface area contributed by atoms with Gasteiger partial charge in [-0.15, -0.1) is 12.4 Å². The molecule has 4 N–H and O–H groups in total. The Bertz CT molecular complexity index is 589. The average Bonchev–Trinajstić information content (AvgIpc) is 2.84. The van der Waals surface area contributed by atoms with Crippen molar-refractivity contribution in [3.05, 3.63) is 50.2 Å². The van der Waals surface area contributed by atoms with E-state index in [9.17, 15) is 20.3 Å². The SMILES string of the molecule is Cl.N[C@H](c1ccsc1)c1cc(O)c(O)c([N+](=O)[O-])c1. The molecule has 0 spiro atoms. The number of benzene rings is 1. The molecule has 0 radical (unpaired) electrons. The van der Waals surface area contributed by atoms with Gasteiger partial charge >= 0.3 is 5.69 Å². The van der Waals surface area contributed by atoms with Crippen molar-refractivity contribution in [2.45, 2.75) is 6.04 Å². The molecule has 102 valence electrons. The molecule has 0 aliphatic rings. The first-order valence-electron chi connectivity index (χ1n) is 4.98. The summed E-state index contributed by atoms with van der Waals surface area (Å²) in [6.07, 6.45) is 0. The predicted molar refractivity (Wildman–Crippen MR) is 74.0 cm³/mol. The lowest BCUT2D eigenvalue weighted by atomic mass is 10.0. The fraction of sp³-hybridized carbons (Fsp3) is 0.0909. The third-order valence-corrected chi connectivity index (χ3v) is 3.25. The van der Waals surface area contributed by atoms with Crippen molar-refractivity contribution in [1.82, 2.24) is 0 Å². The normalized spacial score (nSPS) is 11.6. The van der Waals surface area contributed by atoms with Crippen LogP contribution in [0, 0.1) is 10.1 Å². The summed E-state index contributed by atoms with van der Waals surface area (Å²) in [5.74, 6) is -1.30. The van der Waals surface area contributed by atoms with Crippen LogP contribution in [-0.4, -0.2) is 15.1 Å². The quantitative estimate of drug-likeness (QED) is 0.458. The number of rotatable bonds is 3. The van der Waals surface area contributed by atoms with Crippen molar-refractivity contribution in [1.29, 1.82) is 0 Å². The topological polar surface area (TPSA) is 110 Å². The summed E-state index contributed by atoms with van der Waals surface area (Å²) in [4.78, 5) is 9.97. The van der Waals surface area contributed by atoms with E-state index in [2.05, 4.69) is 0 Å². The lowest BCUT2D eigenvalue weighted by Crippen LogP contribution is -2.11. The van der Waals surface area contributed by atoms with Crippen molar-refractivity contribution in [2.24, 2.45) is 5.73 Å². The van der Waals surface area contributed by atoms with E-state index >= 15 is 0 Å².